The molecule has 1 aromatic carbocycles. The van der Waals surface area contributed by atoms with E-state index in [1.54, 1.807) is 0 Å². The van der Waals surface area contributed by atoms with E-state index < -0.39 is 39.7 Å². The van der Waals surface area contributed by atoms with Crippen molar-refractivity contribution in [1.82, 2.24) is 14.9 Å². The first-order valence-electron chi connectivity index (χ1n) is 25.9. The van der Waals surface area contributed by atoms with Gasteiger partial charge in [-0.2, -0.15) is 0 Å². The number of aliphatic hydroxyl groups is 3. The van der Waals surface area contributed by atoms with Gasteiger partial charge in [-0.05, 0) is 148 Å². The van der Waals surface area contributed by atoms with E-state index in [0.29, 0.717) is 64.1 Å². The van der Waals surface area contributed by atoms with E-state index in [2.05, 4.69) is 80.1 Å². The van der Waals surface area contributed by atoms with Crippen LogP contribution in [0.2, 0.25) is 0 Å². The molecule has 3 aromatic rings. The third-order valence-corrected chi connectivity index (χ3v) is 20.8. The molecule has 5 aliphatic carbocycles. The van der Waals surface area contributed by atoms with Gasteiger partial charge in [-0.25, -0.2) is 0 Å². The number of benzene rings is 1. The number of fused-ring (bicyclic) bond motifs is 2. The molecule has 10 nitrogen and oxygen atoms in total. The van der Waals surface area contributed by atoms with Crippen LogP contribution in [0.25, 0.3) is 11.0 Å². The lowest BCUT2D eigenvalue weighted by Crippen LogP contribution is -2.70. The Hall–Kier alpha value is -3.12. The lowest BCUT2D eigenvalue weighted by Gasteiger charge is -2.73. The molecule has 12 atom stereocenters. The third kappa shape index (κ3) is 6.25. The van der Waals surface area contributed by atoms with Gasteiger partial charge in [-0.15, -0.1) is 0 Å². The fraction of sp³-hybridized carbons (Fsp3) is 0.714. The van der Waals surface area contributed by atoms with Crippen LogP contribution in [-0.2, 0) is 44.1 Å². The monoisotopic (exact) mass is 904 g/mol. The Morgan fingerprint density at radius 2 is 1.73 bits per heavy atom. The van der Waals surface area contributed by atoms with Crippen molar-refractivity contribution in [3.8, 4) is 0 Å². The molecule has 10 heteroatoms. The van der Waals surface area contributed by atoms with Crippen molar-refractivity contribution >= 4 is 22.6 Å². The van der Waals surface area contributed by atoms with Crippen molar-refractivity contribution in [3.63, 3.8) is 0 Å². The number of carbonyl (C=O) groups excluding carboxylic acids is 2. The fourth-order valence-corrected chi connectivity index (χ4v) is 17.6. The molecule has 358 valence electrons. The molecule has 0 radical (unpaired) electrons. The van der Waals surface area contributed by atoms with Crippen LogP contribution in [0.15, 0.2) is 41.7 Å². The second-order valence-corrected chi connectivity index (χ2v) is 24.7. The number of nitrogens with one attached hydrogen (secondary N) is 2. The van der Waals surface area contributed by atoms with Gasteiger partial charge in [-0.1, -0.05) is 57.9 Å². The highest BCUT2D eigenvalue weighted by Gasteiger charge is 2.77. The quantitative estimate of drug-likeness (QED) is 0.135. The highest BCUT2D eigenvalue weighted by Crippen LogP contribution is 2.79. The van der Waals surface area contributed by atoms with Crippen molar-refractivity contribution in [2.45, 2.75) is 174 Å². The Morgan fingerprint density at radius 1 is 0.970 bits per heavy atom. The number of aromatic nitrogens is 2. The van der Waals surface area contributed by atoms with Crippen LogP contribution in [-0.4, -0.2) is 87.2 Å². The predicted octanol–water partition coefficient (Wildman–Crippen LogP) is 8.42. The maximum atomic E-state index is 15.9. The number of ether oxygens (including phenoxy) is 2. The number of ketones is 2. The topological polar surface area (TPSA) is 149 Å². The summed E-state index contributed by atoms with van der Waals surface area (Å²) >= 11 is 0. The molecule has 0 bridgehead atoms. The number of Topliss-reactive ketones (excluding diaryl/α,β-unsaturated/α-hetero) is 2. The van der Waals surface area contributed by atoms with E-state index in [1.165, 1.54) is 16.7 Å². The number of H-pyrrole nitrogens is 1. The van der Waals surface area contributed by atoms with Crippen molar-refractivity contribution in [3.05, 3.63) is 69.6 Å². The summed E-state index contributed by atoms with van der Waals surface area (Å²) in [4.78, 5) is 33.9. The zero-order valence-electron chi connectivity index (χ0n) is 41.1. The smallest absolute Gasteiger partial charge is 0.163 e. The van der Waals surface area contributed by atoms with Crippen LogP contribution in [0.1, 0.15) is 146 Å². The van der Waals surface area contributed by atoms with Crippen LogP contribution in [0, 0.1) is 57.7 Å². The summed E-state index contributed by atoms with van der Waals surface area (Å²) in [5.41, 5.74) is 6.41. The number of aryl methyl sites for hydroxylation is 2. The highest BCUT2D eigenvalue weighted by molar-refractivity contribution is 6.04. The molecule has 5 heterocycles. The van der Waals surface area contributed by atoms with Gasteiger partial charge in [0.05, 0.1) is 34.4 Å². The molecule has 2 aromatic heterocycles. The first-order valence-corrected chi connectivity index (χ1v) is 25.9. The summed E-state index contributed by atoms with van der Waals surface area (Å²) in [6, 6.07) is 6.56. The molecular formula is C56H77N3O7. The second kappa shape index (κ2) is 15.2. The predicted molar refractivity (Wildman–Crippen MR) is 255 cm³/mol. The Kier molecular flexibility index (Phi) is 10.4. The molecule has 2 saturated heterocycles. The third-order valence-electron chi connectivity index (χ3n) is 20.8. The van der Waals surface area contributed by atoms with Gasteiger partial charge in [0, 0.05) is 86.1 Å². The van der Waals surface area contributed by atoms with Gasteiger partial charge in [0.1, 0.15) is 11.9 Å². The van der Waals surface area contributed by atoms with Gasteiger partial charge >= 0.3 is 0 Å². The molecule has 11 rings (SSSR count). The lowest BCUT2D eigenvalue weighted by atomic mass is 9.31. The number of rotatable bonds is 9. The number of carbonyl (C=O) groups is 2. The number of aromatic amines is 1. The van der Waals surface area contributed by atoms with Crippen molar-refractivity contribution in [1.29, 1.82) is 0 Å². The molecular weight excluding hydrogens is 827 g/mol. The largest absolute Gasteiger partial charge is 0.392 e. The van der Waals surface area contributed by atoms with Crippen LogP contribution in [0.5, 0.6) is 0 Å². The Bertz CT molecular complexity index is 2510. The maximum Gasteiger partial charge on any atom is 0.163 e. The summed E-state index contributed by atoms with van der Waals surface area (Å²) in [7, 11) is 1.97. The minimum Gasteiger partial charge on any atom is -0.392 e. The number of nitrogens with zero attached hydrogens (tertiary/aromatic N) is 1. The van der Waals surface area contributed by atoms with Crippen LogP contribution in [0.3, 0.4) is 0 Å². The van der Waals surface area contributed by atoms with Gasteiger partial charge in [0.25, 0.3) is 0 Å². The minimum atomic E-state index is -0.912. The molecule has 4 saturated carbocycles. The lowest BCUT2D eigenvalue weighted by molar-refractivity contribution is -0.245. The number of hydrogen-bond donors (Lipinski definition) is 5. The zero-order valence-corrected chi connectivity index (χ0v) is 41.1. The van der Waals surface area contributed by atoms with Crippen LogP contribution < -0.4 is 5.32 Å². The SMILES string of the molecule is CNCCC1(C)C(=O)CCC2(C)C1CCC13CCCC4C(=O)C5=C(C(Cn6cc(Cc7cc(C)cc(C8(O)CCOCC8)c7)c7[nH]cc(c76)CCC5(C)CC(O)C5OC5(C)C)C(O)C21)C43C. The average Bonchev–Trinajstić information content (AvgIpc) is 3.49. The zero-order chi connectivity index (χ0) is 46.6. The summed E-state index contributed by atoms with van der Waals surface area (Å²) in [5.74, 6) is 0.162. The minimum absolute atomic E-state index is 0.0853. The Labute approximate surface area is 392 Å². The number of allylic oxidation sites excluding steroid dienone is 1. The van der Waals surface area contributed by atoms with E-state index in [-0.39, 0.29) is 46.4 Å². The first-order chi connectivity index (χ1) is 31.2. The number of hydrogen-bond acceptors (Lipinski definition) is 8. The molecule has 1 spiro atoms. The summed E-state index contributed by atoms with van der Waals surface area (Å²) < 4.78 is 14.2. The van der Waals surface area contributed by atoms with E-state index in [4.69, 9.17) is 9.47 Å². The summed E-state index contributed by atoms with van der Waals surface area (Å²) in [6.45, 7) is 18.0. The Morgan fingerprint density at radius 3 is 2.45 bits per heavy atom. The number of epoxide rings is 1. The van der Waals surface area contributed by atoms with Gasteiger partial charge in [0.15, 0.2) is 5.78 Å². The Balaban J connectivity index is 1.08. The second-order valence-electron chi connectivity index (χ2n) is 24.7. The van der Waals surface area contributed by atoms with Crippen molar-refractivity contribution in [2.75, 3.05) is 26.8 Å². The summed E-state index contributed by atoms with van der Waals surface area (Å²) in [6.07, 6.45) is 13.1. The normalized spacial score (nSPS) is 40.5. The van der Waals surface area contributed by atoms with Crippen LogP contribution >= 0.6 is 0 Å². The first kappa shape index (κ1) is 45.3. The van der Waals surface area contributed by atoms with E-state index in [0.717, 1.165) is 91.2 Å². The molecule has 12 unspecified atom stereocenters. The van der Waals surface area contributed by atoms with Crippen molar-refractivity contribution in [2.24, 2.45) is 50.7 Å². The maximum absolute atomic E-state index is 15.9. The molecule has 5 N–H and O–H groups in total. The molecule has 8 aliphatic rings. The van der Waals surface area contributed by atoms with E-state index >= 15 is 4.79 Å². The molecule has 66 heavy (non-hydrogen) atoms. The summed E-state index contributed by atoms with van der Waals surface area (Å²) in [5, 5.41) is 41.2. The highest BCUT2D eigenvalue weighted by atomic mass is 16.6. The van der Waals surface area contributed by atoms with E-state index in [1.807, 2.05) is 20.9 Å². The molecule has 3 aliphatic heterocycles. The number of aliphatic hydroxyl groups excluding tert-OH is 2. The van der Waals surface area contributed by atoms with Crippen LogP contribution in [0.4, 0.5) is 0 Å². The van der Waals surface area contributed by atoms with Gasteiger partial charge in [-0.3, -0.25) is 9.59 Å². The van der Waals surface area contributed by atoms with Gasteiger partial charge < -0.3 is 39.7 Å². The van der Waals surface area contributed by atoms with Crippen molar-refractivity contribution < 1.29 is 34.4 Å². The average molecular weight is 904 g/mol. The standard InChI is InChI=1S/C56H77N3O7/c1-32-24-33(27-36(25-32)56(64)19-22-65-23-20-56)26-35-30-59-31-37-42-43(51(4,28-39(60)49-50(2,3)66-49)15-11-34-29-58-44(35)45(34)59)47(63)38-10-9-14-55(54(38,42)7)17-12-40-52(5,18-21-57-8)41(61)13-16-53(40,6)48(55)46(37)62/h24-25,27,29-30,37-40,46,48-49,57-58,60,62,64H,9-23,26,28,31H2,1-8H3. The molecule has 0 amide bonds. The van der Waals surface area contributed by atoms with E-state index in [9.17, 15) is 20.1 Å². The molecule has 6 fully saturated rings. The van der Waals surface area contributed by atoms with Gasteiger partial charge in [0.2, 0.25) is 0 Å². The fourth-order valence-electron chi connectivity index (χ4n) is 17.6.